The van der Waals surface area contributed by atoms with Crippen molar-refractivity contribution in [3.63, 3.8) is 0 Å². The molecule has 1 atom stereocenters. The molecule has 0 aromatic heterocycles. The number of nitrogens with one attached hydrogen (secondary N) is 1. The summed E-state index contributed by atoms with van der Waals surface area (Å²) in [6.45, 7) is 1.39. The van der Waals surface area contributed by atoms with Gasteiger partial charge in [-0.05, 0) is 12.1 Å². The molecule has 2 rings (SSSR count). The SMILES string of the molecule is Cl.Fc1ccc(Cl)c(F)c1[C@H]1COCCN1. The van der Waals surface area contributed by atoms with Gasteiger partial charge in [0, 0.05) is 12.1 Å². The maximum atomic E-state index is 13.6. The molecule has 0 amide bonds. The van der Waals surface area contributed by atoms with Crippen LogP contribution in [0.5, 0.6) is 0 Å². The summed E-state index contributed by atoms with van der Waals surface area (Å²) >= 11 is 5.59. The third-order valence-electron chi connectivity index (χ3n) is 2.35. The van der Waals surface area contributed by atoms with Crippen LogP contribution in [0.2, 0.25) is 5.02 Å². The molecule has 6 heteroatoms. The first-order valence-corrected chi connectivity index (χ1v) is 5.02. The topological polar surface area (TPSA) is 21.3 Å². The van der Waals surface area contributed by atoms with Gasteiger partial charge in [-0.25, -0.2) is 8.78 Å². The quantitative estimate of drug-likeness (QED) is 0.792. The number of rotatable bonds is 1. The van der Waals surface area contributed by atoms with E-state index in [4.69, 9.17) is 16.3 Å². The Labute approximate surface area is 103 Å². The van der Waals surface area contributed by atoms with Crippen LogP contribution in [0.3, 0.4) is 0 Å². The van der Waals surface area contributed by atoms with Crippen molar-refractivity contribution in [2.75, 3.05) is 19.8 Å². The van der Waals surface area contributed by atoms with E-state index in [9.17, 15) is 8.78 Å². The van der Waals surface area contributed by atoms with Gasteiger partial charge in [0.25, 0.3) is 0 Å². The lowest BCUT2D eigenvalue weighted by Gasteiger charge is -2.25. The predicted molar refractivity (Wildman–Crippen MR) is 60.2 cm³/mol. The van der Waals surface area contributed by atoms with Crippen molar-refractivity contribution in [1.82, 2.24) is 5.32 Å². The van der Waals surface area contributed by atoms with Crippen LogP contribution in [0.25, 0.3) is 0 Å². The molecule has 1 aromatic carbocycles. The fourth-order valence-corrected chi connectivity index (χ4v) is 1.78. The van der Waals surface area contributed by atoms with E-state index < -0.39 is 17.7 Å². The molecule has 1 fully saturated rings. The Hall–Kier alpha value is -0.420. The highest BCUT2D eigenvalue weighted by Crippen LogP contribution is 2.27. The lowest BCUT2D eigenvalue weighted by Crippen LogP contribution is -2.35. The summed E-state index contributed by atoms with van der Waals surface area (Å²) in [7, 11) is 0. The maximum Gasteiger partial charge on any atom is 0.149 e. The van der Waals surface area contributed by atoms with E-state index in [0.717, 1.165) is 6.07 Å². The Kier molecular flexibility index (Phi) is 4.92. The van der Waals surface area contributed by atoms with Gasteiger partial charge in [-0.2, -0.15) is 0 Å². The highest BCUT2D eigenvalue weighted by Gasteiger charge is 2.23. The van der Waals surface area contributed by atoms with Gasteiger partial charge in [0.1, 0.15) is 11.6 Å². The fraction of sp³-hybridized carbons (Fsp3) is 0.400. The van der Waals surface area contributed by atoms with E-state index in [0.29, 0.717) is 13.2 Å². The monoisotopic (exact) mass is 269 g/mol. The Morgan fingerprint density at radius 2 is 2.12 bits per heavy atom. The predicted octanol–water partition coefficient (Wildman–Crippen LogP) is 2.70. The summed E-state index contributed by atoms with van der Waals surface area (Å²) < 4.78 is 32.1. The van der Waals surface area contributed by atoms with E-state index in [-0.39, 0.29) is 29.6 Å². The van der Waals surface area contributed by atoms with Crippen molar-refractivity contribution >= 4 is 24.0 Å². The second-order valence-corrected chi connectivity index (χ2v) is 3.75. The molecule has 0 bridgehead atoms. The number of hydrogen-bond donors (Lipinski definition) is 1. The highest BCUT2D eigenvalue weighted by atomic mass is 35.5. The third-order valence-corrected chi connectivity index (χ3v) is 2.64. The largest absolute Gasteiger partial charge is 0.378 e. The number of halogens is 4. The van der Waals surface area contributed by atoms with E-state index in [1.807, 2.05) is 0 Å². The van der Waals surface area contributed by atoms with Gasteiger partial charge >= 0.3 is 0 Å². The number of benzene rings is 1. The van der Waals surface area contributed by atoms with Gasteiger partial charge in [0.2, 0.25) is 0 Å². The van der Waals surface area contributed by atoms with Crippen molar-refractivity contribution in [3.05, 3.63) is 34.4 Å². The van der Waals surface area contributed by atoms with Crippen molar-refractivity contribution < 1.29 is 13.5 Å². The first-order chi connectivity index (χ1) is 7.20. The van der Waals surface area contributed by atoms with Crippen molar-refractivity contribution in [1.29, 1.82) is 0 Å². The number of ether oxygens (including phenoxy) is 1. The van der Waals surface area contributed by atoms with Crippen LogP contribution in [-0.2, 0) is 4.74 Å². The van der Waals surface area contributed by atoms with E-state index in [1.54, 1.807) is 0 Å². The zero-order valence-electron chi connectivity index (χ0n) is 8.30. The first kappa shape index (κ1) is 13.6. The molecule has 1 aliphatic heterocycles. The fourth-order valence-electron chi connectivity index (χ4n) is 1.61. The summed E-state index contributed by atoms with van der Waals surface area (Å²) in [6.07, 6.45) is 0. The van der Waals surface area contributed by atoms with Gasteiger partial charge in [-0.1, -0.05) is 11.6 Å². The lowest BCUT2D eigenvalue weighted by atomic mass is 10.1. The van der Waals surface area contributed by atoms with Crippen LogP contribution in [0, 0.1) is 11.6 Å². The van der Waals surface area contributed by atoms with Crippen LogP contribution < -0.4 is 5.32 Å². The normalized spacial score (nSPS) is 20.3. The molecule has 0 spiro atoms. The molecule has 0 aliphatic carbocycles. The van der Waals surface area contributed by atoms with Crippen molar-refractivity contribution in [2.45, 2.75) is 6.04 Å². The number of hydrogen-bond acceptors (Lipinski definition) is 2. The summed E-state index contributed by atoms with van der Waals surface area (Å²) in [4.78, 5) is 0. The molecule has 0 radical (unpaired) electrons. The molecular formula is C10H11Cl2F2NO. The average Bonchev–Trinajstić information content (AvgIpc) is 2.26. The van der Waals surface area contributed by atoms with E-state index >= 15 is 0 Å². The minimum absolute atomic E-state index is 0. The van der Waals surface area contributed by atoms with Crippen molar-refractivity contribution in [3.8, 4) is 0 Å². The van der Waals surface area contributed by atoms with Crippen LogP contribution in [-0.4, -0.2) is 19.8 Å². The highest BCUT2D eigenvalue weighted by molar-refractivity contribution is 6.30. The Morgan fingerprint density at radius 3 is 2.75 bits per heavy atom. The smallest absolute Gasteiger partial charge is 0.149 e. The summed E-state index contributed by atoms with van der Waals surface area (Å²) in [5.41, 5.74) is -0.0396. The summed E-state index contributed by atoms with van der Waals surface area (Å²) in [6, 6.07) is 1.91. The molecule has 1 N–H and O–H groups in total. The molecule has 0 unspecified atom stereocenters. The van der Waals surface area contributed by atoms with Crippen LogP contribution in [0.15, 0.2) is 12.1 Å². The molecule has 0 saturated carbocycles. The Balaban J connectivity index is 0.00000128. The van der Waals surface area contributed by atoms with Gasteiger partial charge in [0.05, 0.1) is 24.3 Å². The van der Waals surface area contributed by atoms with Crippen molar-refractivity contribution in [2.24, 2.45) is 0 Å². The second kappa shape index (κ2) is 5.77. The van der Waals surface area contributed by atoms with Crippen LogP contribution in [0.1, 0.15) is 11.6 Å². The molecule has 1 aliphatic rings. The third kappa shape index (κ3) is 2.63. The molecule has 1 aromatic rings. The Morgan fingerprint density at radius 1 is 1.38 bits per heavy atom. The maximum absolute atomic E-state index is 13.6. The first-order valence-electron chi connectivity index (χ1n) is 4.64. The number of morpholine rings is 1. The van der Waals surface area contributed by atoms with E-state index in [1.165, 1.54) is 6.07 Å². The summed E-state index contributed by atoms with van der Waals surface area (Å²) in [5, 5.41) is 2.91. The minimum atomic E-state index is -0.709. The van der Waals surface area contributed by atoms with Gasteiger partial charge in [-0.15, -0.1) is 12.4 Å². The van der Waals surface area contributed by atoms with Crippen LogP contribution >= 0.6 is 24.0 Å². The molecule has 1 heterocycles. The van der Waals surface area contributed by atoms with E-state index in [2.05, 4.69) is 5.32 Å². The standard InChI is InChI=1S/C10H10ClF2NO.ClH/c11-6-1-2-7(12)9(10(6)13)8-5-15-4-3-14-8;/h1-2,8,14H,3-5H2;1H/t8-;/m1./s1. The molecule has 90 valence electrons. The lowest BCUT2D eigenvalue weighted by molar-refractivity contribution is 0.0745. The molecule has 1 saturated heterocycles. The van der Waals surface area contributed by atoms with Gasteiger partial charge in [-0.3, -0.25) is 0 Å². The Bertz CT molecular complexity index is 370. The molecular weight excluding hydrogens is 259 g/mol. The van der Waals surface area contributed by atoms with Gasteiger partial charge in [0.15, 0.2) is 0 Å². The average molecular weight is 270 g/mol. The second-order valence-electron chi connectivity index (χ2n) is 3.34. The summed E-state index contributed by atoms with van der Waals surface area (Å²) in [5.74, 6) is -1.31. The zero-order chi connectivity index (χ0) is 10.8. The zero-order valence-corrected chi connectivity index (χ0v) is 9.88. The van der Waals surface area contributed by atoms with Crippen LogP contribution in [0.4, 0.5) is 8.78 Å². The van der Waals surface area contributed by atoms with Gasteiger partial charge < -0.3 is 10.1 Å². The molecule has 2 nitrogen and oxygen atoms in total. The molecule has 16 heavy (non-hydrogen) atoms. The minimum Gasteiger partial charge on any atom is -0.378 e.